The molecule has 0 radical (unpaired) electrons. The number of likely N-dealkylation sites (tertiary alicyclic amines) is 1. The quantitative estimate of drug-likeness (QED) is 0.0969. The number of ether oxygens (including phenoxy) is 6. The van der Waals surface area contributed by atoms with Crippen LogP contribution in [0.25, 0.3) is 0 Å². The predicted molar refractivity (Wildman–Crippen MR) is 220 cm³/mol. The van der Waals surface area contributed by atoms with Gasteiger partial charge in [0.2, 0.25) is 0 Å². The van der Waals surface area contributed by atoms with E-state index in [4.69, 9.17) is 28.4 Å². The van der Waals surface area contributed by atoms with Gasteiger partial charge >= 0.3 is 11.9 Å². The maximum atomic E-state index is 14.5. The molecule has 1 spiro atoms. The van der Waals surface area contributed by atoms with Crippen molar-refractivity contribution in [1.82, 2.24) is 4.90 Å². The smallest absolute Gasteiger partial charge is 0.338 e. The molecule has 1 saturated heterocycles. The zero-order chi connectivity index (χ0) is 42.2. The number of unbranched alkanes of at least 4 members (excludes halogenated alkanes) is 12. The van der Waals surface area contributed by atoms with Crippen LogP contribution >= 0.6 is 0 Å². The Morgan fingerprint density at radius 1 is 0.814 bits per heavy atom. The number of carbonyl (C=O) groups is 2. The summed E-state index contributed by atoms with van der Waals surface area (Å²) in [7, 11) is 8.39. The van der Waals surface area contributed by atoms with E-state index in [1.807, 2.05) is 13.1 Å². The van der Waals surface area contributed by atoms with E-state index in [0.717, 1.165) is 19.3 Å². The van der Waals surface area contributed by atoms with E-state index in [0.29, 0.717) is 24.9 Å². The van der Waals surface area contributed by atoms with Gasteiger partial charge in [-0.3, -0.25) is 4.79 Å². The second-order valence-corrected chi connectivity index (χ2v) is 19.1. The molecule has 59 heavy (non-hydrogen) atoms. The van der Waals surface area contributed by atoms with Crippen molar-refractivity contribution in [1.29, 1.82) is 0 Å². The Bertz CT molecular complexity index is 1580. The van der Waals surface area contributed by atoms with Gasteiger partial charge in [0, 0.05) is 82.5 Å². The summed E-state index contributed by atoms with van der Waals surface area (Å²) in [6, 6.07) is 8.29. The van der Waals surface area contributed by atoms with E-state index in [2.05, 4.69) is 11.8 Å². The Morgan fingerprint density at radius 2 is 1.44 bits per heavy atom. The average Bonchev–Trinajstić information content (AvgIpc) is 3.62. The van der Waals surface area contributed by atoms with Crippen LogP contribution in [0.3, 0.4) is 0 Å². The first-order valence-electron chi connectivity index (χ1n) is 22.8. The number of rotatable bonds is 22. The average molecular weight is 828 g/mol. The summed E-state index contributed by atoms with van der Waals surface area (Å²) in [5.41, 5.74) is -4.82. The number of nitrogens with zero attached hydrogens (tertiary/aromatic N) is 1. The molecular weight excluding hydrogens is 755 g/mol. The second kappa shape index (κ2) is 18.3. The van der Waals surface area contributed by atoms with Crippen LogP contribution in [-0.4, -0.2) is 135 Å². The first-order chi connectivity index (χ1) is 28.5. The van der Waals surface area contributed by atoms with E-state index in [1.54, 1.807) is 45.6 Å². The third kappa shape index (κ3) is 7.02. The van der Waals surface area contributed by atoms with Crippen LogP contribution in [0, 0.1) is 34.5 Å². The molecule has 12 nitrogen and oxygen atoms in total. The summed E-state index contributed by atoms with van der Waals surface area (Å²) in [6.07, 6.45) is 9.99. The van der Waals surface area contributed by atoms with Crippen LogP contribution in [0.1, 0.15) is 120 Å². The SMILES string of the molecule is CCCCCCCCCCCCCCCC(=O)O[C@]12[C@H]3[C@@H](OC(=O)c4ccccc4)[C@](O)(C[C@H]3[C@@]34[C@@H](OC)C[C@@H](O)[C@@]5(COC)CN(C)[C@@H]3[C@@H]1[C@H](OC)[C@H]54)[C@@H](OC)[C@@H]2O. The molecule has 0 unspecified atom stereocenters. The summed E-state index contributed by atoms with van der Waals surface area (Å²) in [4.78, 5) is 30.8. The molecule has 12 heteroatoms. The fraction of sp³-hybridized carbons (Fsp3) is 0.830. The minimum atomic E-state index is -1.84. The van der Waals surface area contributed by atoms with Gasteiger partial charge in [0.05, 0.1) is 30.5 Å². The number of fused-ring (bicyclic) bond motifs is 2. The lowest BCUT2D eigenvalue weighted by Gasteiger charge is -2.70. The molecule has 332 valence electrons. The van der Waals surface area contributed by atoms with Crippen molar-refractivity contribution in [2.45, 2.75) is 164 Å². The van der Waals surface area contributed by atoms with Crippen molar-refractivity contribution in [3.8, 4) is 0 Å². The van der Waals surface area contributed by atoms with Crippen molar-refractivity contribution < 1.29 is 53.3 Å². The Hall–Kier alpha value is -2.16. The molecule has 6 aliphatic rings. The molecule has 7 rings (SSSR count). The molecule has 15 atom stereocenters. The van der Waals surface area contributed by atoms with Gasteiger partial charge in [0.15, 0.2) is 5.60 Å². The molecule has 1 aromatic carbocycles. The zero-order valence-electron chi connectivity index (χ0n) is 36.5. The van der Waals surface area contributed by atoms with Gasteiger partial charge in [-0.2, -0.15) is 0 Å². The lowest BCUT2D eigenvalue weighted by molar-refractivity contribution is -0.321. The summed E-state index contributed by atoms with van der Waals surface area (Å²) in [5, 5.41) is 38.1. The topological polar surface area (TPSA) is 153 Å². The number of esters is 2. The number of methoxy groups -OCH3 is 4. The molecule has 1 heterocycles. The van der Waals surface area contributed by atoms with Gasteiger partial charge in [-0.15, -0.1) is 0 Å². The fourth-order valence-electron chi connectivity index (χ4n) is 14.5. The van der Waals surface area contributed by atoms with Gasteiger partial charge in [-0.1, -0.05) is 102 Å². The second-order valence-electron chi connectivity index (χ2n) is 19.1. The number of aliphatic hydroxyl groups excluding tert-OH is 2. The van der Waals surface area contributed by atoms with Crippen LogP contribution in [0.15, 0.2) is 30.3 Å². The molecule has 5 aliphatic carbocycles. The summed E-state index contributed by atoms with van der Waals surface area (Å²) < 4.78 is 38.5. The van der Waals surface area contributed by atoms with Gasteiger partial charge in [0.25, 0.3) is 0 Å². The summed E-state index contributed by atoms with van der Waals surface area (Å²) in [6.45, 7) is 2.97. The Balaban J connectivity index is 1.21. The minimum Gasteiger partial charge on any atom is -0.455 e. The van der Waals surface area contributed by atoms with Crippen LogP contribution < -0.4 is 0 Å². The van der Waals surface area contributed by atoms with Crippen molar-refractivity contribution in [2.75, 3.05) is 48.6 Å². The minimum absolute atomic E-state index is 0.0845. The molecule has 6 fully saturated rings. The molecule has 5 saturated carbocycles. The highest BCUT2D eigenvalue weighted by Gasteiger charge is 2.92. The number of benzene rings is 1. The standard InChI is InChI=1S/C47H73NO11/c1-7-8-9-10-11-12-13-14-15-16-17-18-22-25-34(50)59-47-35-31(27-45(53,42(57-6)40(47)51)41(35)58-43(52)30-23-20-19-21-24-30)46-33(55-4)26-32(49)44(29-54-3)28-48(2)39(46)36(47)37(56-5)38(44)46/h19-21,23-24,31-33,35-42,49,51,53H,7-18,22,25-29H2,1-6H3/t31-,32-,33+,35-,36+,37+,38-,39-,40+,41-,42+,44+,45-,46+,47-/m1/s1. The molecule has 1 aliphatic heterocycles. The first kappa shape index (κ1) is 44.9. The lowest BCUT2D eigenvalue weighted by Crippen LogP contribution is -2.81. The maximum absolute atomic E-state index is 14.5. The number of carbonyl (C=O) groups excluding carboxylic acids is 2. The molecule has 0 aromatic heterocycles. The number of piperidine rings is 1. The predicted octanol–water partition coefficient (Wildman–Crippen LogP) is 5.72. The van der Waals surface area contributed by atoms with E-state index in [-0.39, 0.29) is 31.4 Å². The van der Waals surface area contributed by atoms with Gasteiger partial charge < -0.3 is 48.6 Å². The van der Waals surface area contributed by atoms with Gasteiger partial charge in [-0.25, -0.2) is 4.79 Å². The third-order valence-electron chi connectivity index (χ3n) is 16.3. The van der Waals surface area contributed by atoms with Crippen LogP contribution in [0.5, 0.6) is 0 Å². The van der Waals surface area contributed by atoms with Crippen molar-refractivity contribution >= 4 is 11.9 Å². The highest BCUT2D eigenvalue weighted by molar-refractivity contribution is 5.89. The molecule has 3 N–H and O–H groups in total. The summed E-state index contributed by atoms with van der Waals surface area (Å²) >= 11 is 0. The monoisotopic (exact) mass is 828 g/mol. The van der Waals surface area contributed by atoms with Gasteiger partial charge in [0.1, 0.15) is 23.9 Å². The Kier molecular flexibility index (Phi) is 13.9. The Labute approximate surface area is 352 Å². The fourth-order valence-corrected chi connectivity index (χ4v) is 14.5. The van der Waals surface area contributed by atoms with Crippen LogP contribution in [0.2, 0.25) is 0 Å². The van der Waals surface area contributed by atoms with E-state index in [9.17, 15) is 24.9 Å². The molecule has 0 amide bonds. The number of aliphatic hydroxyl groups is 3. The van der Waals surface area contributed by atoms with Crippen LogP contribution in [0.4, 0.5) is 0 Å². The van der Waals surface area contributed by atoms with Crippen molar-refractivity contribution in [3.63, 3.8) is 0 Å². The van der Waals surface area contributed by atoms with Crippen molar-refractivity contribution in [3.05, 3.63) is 35.9 Å². The first-order valence-corrected chi connectivity index (χ1v) is 22.8. The largest absolute Gasteiger partial charge is 0.455 e. The Morgan fingerprint density at radius 3 is 2.02 bits per heavy atom. The van der Waals surface area contributed by atoms with E-state index in [1.165, 1.54) is 64.9 Å². The van der Waals surface area contributed by atoms with E-state index < -0.39 is 88.3 Å². The number of hydrogen-bond acceptors (Lipinski definition) is 12. The van der Waals surface area contributed by atoms with Gasteiger partial charge in [-0.05, 0) is 37.9 Å². The van der Waals surface area contributed by atoms with Crippen LogP contribution in [-0.2, 0) is 33.2 Å². The normalized spacial score (nSPS) is 41.5. The molecular formula is C47H73NO11. The highest BCUT2D eigenvalue weighted by Crippen LogP contribution is 2.80. The van der Waals surface area contributed by atoms with Crippen molar-refractivity contribution in [2.24, 2.45) is 34.5 Å². The molecule has 1 aromatic rings. The lowest BCUT2D eigenvalue weighted by atomic mass is 9.42. The van der Waals surface area contributed by atoms with E-state index >= 15 is 0 Å². The highest BCUT2D eigenvalue weighted by atomic mass is 16.6. The summed E-state index contributed by atoms with van der Waals surface area (Å²) in [5.74, 6) is -3.48. The molecule has 7 bridgehead atoms. The third-order valence-corrected chi connectivity index (χ3v) is 16.3. The maximum Gasteiger partial charge on any atom is 0.338 e. The zero-order valence-corrected chi connectivity index (χ0v) is 36.5. The number of hydrogen-bond donors (Lipinski definition) is 3.